The molecule has 0 saturated heterocycles. The van der Waals surface area contributed by atoms with Gasteiger partial charge in [0.1, 0.15) is 0 Å². The molecule has 0 atom stereocenters. The minimum atomic E-state index is -5.75. The molecule has 0 radical (unpaired) electrons. The molecule has 1 aromatic rings. The Hall–Kier alpha value is -1.38. The maximum absolute atomic E-state index is 12.8. The van der Waals surface area contributed by atoms with Crippen molar-refractivity contribution in [1.29, 1.82) is 5.26 Å². The summed E-state index contributed by atoms with van der Waals surface area (Å²) in [5, 5.41) is 9.39. The van der Waals surface area contributed by atoms with Crippen LogP contribution in [0.5, 0.6) is 0 Å². The Kier molecular flexibility index (Phi) is 5.96. The zero-order chi connectivity index (χ0) is 18.8. The number of nitriles is 1. The molecule has 0 N–H and O–H groups in total. The number of hydrogen-bond donors (Lipinski definition) is 0. The molecule has 0 spiro atoms. The van der Waals surface area contributed by atoms with Gasteiger partial charge in [0, 0.05) is 0 Å². The summed E-state index contributed by atoms with van der Waals surface area (Å²) in [5.74, 6) is 0. The second kappa shape index (κ2) is 7.47. The van der Waals surface area contributed by atoms with E-state index in [-0.39, 0.29) is 6.42 Å². The van der Waals surface area contributed by atoms with E-state index in [9.17, 15) is 26.9 Å². The van der Waals surface area contributed by atoms with Crippen LogP contribution in [0.2, 0.25) is 0 Å². The summed E-state index contributed by atoms with van der Waals surface area (Å²) in [4.78, 5) is 0. The monoisotopic (exact) mass is 485 g/mol. The third-order valence-corrected chi connectivity index (χ3v) is 11.0. The topological polar surface area (TPSA) is 67.2 Å². The zero-order valence-electron chi connectivity index (χ0n) is 13.4. The molecule has 1 aromatic carbocycles. The number of nitrogens with zero attached hydrogens (tertiary/aromatic N) is 1. The first-order valence-corrected chi connectivity index (χ1v) is 11.5. The summed E-state index contributed by atoms with van der Waals surface area (Å²) in [5.41, 5.74) is -3.32. The number of alkyl halides is 3. The Balaban J connectivity index is 2.56. The molecule has 2 rings (SSSR count). The molecule has 0 amide bonds. The van der Waals surface area contributed by atoms with Gasteiger partial charge in [-0.15, -0.1) is 0 Å². The van der Waals surface area contributed by atoms with E-state index in [0.29, 0.717) is 19.1 Å². The average molecular weight is 485 g/mol. The van der Waals surface area contributed by atoms with Crippen LogP contribution in [0.15, 0.2) is 50.6 Å². The molecular weight excluding hydrogens is 470 g/mol. The molecule has 0 bridgehead atoms. The fourth-order valence-corrected chi connectivity index (χ4v) is 9.45. The first kappa shape index (κ1) is 19.9. The number of hydrogen-bond acceptors (Lipinski definition) is 4. The van der Waals surface area contributed by atoms with Gasteiger partial charge in [-0.25, -0.2) is 0 Å². The zero-order valence-corrected chi connectivity index (χ0v) is 16.4. The fraction of sp³-hybridized carbons (Fsp3) is 0.312. The Bertz CT molecular complexity index is 868. The van der Waals surface area contributed by atoms with E-state index in [0.717, 1.165) is 11.1 Å². The first-order valence-electron chi connectivity index (χ1n) is 7.10. The second-order valence-corrected chi connectivity index (χ2v) is 12.0. The molecule has 0 heterocycles. The summed E-state index contributed by atoms with van der Waals surface area (Å²) in [7, 11) is -5.75. The van der Waals surface area contributed by atoms with Crippen LogP contribution in [0.4, 0.5) is 13.2 Å². The van der Waals surface area contributed by atoms with Gasteiger partial charge in [0.05, 0.1) is 0 Å². The van der Waals surface area contributed by atoms with Gasteiger partial charge in [-0.05, 0) is 0 Å². The molecule has 9 heteroatoms. The van der Waals surface area contributed by atoms with Gasteiger partial charge < -0.3 is 0 Å². The number of rotatable bonds is 4. The summed E-state index contributed by atoms with van der Waals surface area (Å²) >= 11 is -3.45. The van der Waals surface area contributed by atoms with Crippen LogP contribution in [0.25, 0.3) is 0 Å². The SMILES string of the molecule is CC1=C(C)CC(I(OS(=O)(=O)C(F)(F)F)c2ccccc2)=C(C#N)C1. The molecule has 0 aliphatic heterocycles. The molecule has 0 fully saturated rings. The van der Waals surface area contributed by atoms with E-state index >= 15 is 0 Å². The molecule has 25 heavy (non-hydrogen) atoms. The van der Waals surface area contributed by atoms with Gasteiger partial charge in [0.2, 0.25) is 0 Å². The van der Waals surface area contributed by atoms with Crippen molar-refractivity contribution in [1.82, 2.24) is 0 Å². The average Bonchev–Trinajstić information content (AvgIpc) is 2.54. The van der Waals surface area contributed by atoms with Crippen molar-refractivity contribution in [3.05, 3.63) is 54.2 Å². The molecular formula is C16H15F3INO3S. The van der Waals surface area contributed by atoms with Gasteiger partial charge >= 0.3 is 152 Å². The van der Waals surface area contributed by atoms with Gasteiger partial charge in [-0.2, -0.15) is 0 Å². The van der Waals surface area contributed by atoms with Crippen molar-refractivity contribution < 1.29 is 24.1 Å². The summed E-state index contributed by atoms with van der Waals surface area (Å²) in [6, 6.07) is 9.97. The van der Waals surface area contributed by atoms with E-state index in [2.05, 4.69) is 0 Å². The third-order valence-electron chi connectivity index (χ3n) is 3.62. The van der Waals surface area contributed by atoms with Crippen LogP contribution >= 0.6 is 20.2 Å². The van der Waals surface area contributed by atoms with Crippen LogP contribution in [-0.2, 0) is 12.6 Å². The van der Waals surface area contributed by atoms with E-state index in [1.54, 1.807) is 30.3 Å². The van der Waals surface area contributed by atoms with Crippen LogP contribution in [0.3, 0.4) is 0 Å². The van der Waals surface area contributed by atoms with Gasteiger partial charge in [-0.3, -0.25) is 0 Å². The molecule has 4 nitrogen and oxygen atoms in total. The number of benzene rings is 1. The van der Waals surface area contributed by atoms with E-state index in [4.69, 9.17) is 2.51 Å². The third kappa shape index (κ3) is 4.43. The van der Waals surface area contributed by atoms with Crippen molar-refractivity contribution >= 4 is 30.4 Å². The Morgan fingerprint density at radius 1 is 1.12 bits per heavy atom. The Morgan fingerprint density at radius 3 is 2.20 bits per heavy atom. The van der Waals surface area contributed by atoms with Gasteiger partial charge in [0.25, 0.3) is 0 Å². The molecule has 0 saturated carbocycles. The van der Waals surface area contributed by atoms with Crippen LogP contribution < -0.4 is 0 Å². The number of allylic oxidation sites excluding steroid dienone is 4. The quantitative estimate of drug-likeness (QED) is 0.340. The normalized spacial score (nSPS) is 16.7. The maximum atomic E-state index is 12.8. The van der Waals surface area contributed by atoms with Crippen molar-refractivity contribution in [3.8, 4) is 6.07 Å². The summed E-state index contributed by atoms with van der Waals surface area (Å²) in [6.45, 7) is 3.67. The minimum absolute atomic E-state index is 0.252. The summed E-state index contributed by atoms with van der Waals surface area (Å²) in [6.07, 6.45) is 0.551. The molecule has 1 aliphatic carbocycles. The van der Waals surface area contributed by atoms with E-state index in [1.807, 2.05) is 19.9 Å². The van der Waals surface area contributed by atoms with Crippen molar-refractivity contribution in [2.45, 2.75) is 32.2 Å². The molecule has 0 aromatic heterocycles. The molecule has 1 aliphatic rings. The van der Waals surface area contributed by atoms with Crippen LogP contribution in [0.1, 0.15) is 26.7 Å². The van der Waals surface area contributed by atoms with Gasteiger partial charge in [0.15, 0.2) is 0 Å². The predicted octanol–water partition coefficient (Wildman–Crippen LogP) is 5.05. The predicted molar refractivity (Wildman–Crippen MR) is 95.5 cm³/mol. The van der Waals surface area contributed by atoms with Crippen molar-refractivity contribution in [2.24, 2.45) is 0 Å². The van der Waals surface area contributed by atoms with Crippen LogP contribution in [0, 0.1) is 14.9 Å². The fourth-order valence-electron chi connectivity index (χ4n) is 2.12. The van der Waals surface area contributed by atoms with E-state index < -0.39 is 35.9 Å². The Morgan fingerprint density at radius 2 is 1.68 bits per heavy atom. The second-order valence-electron chi connectivity index (χ2n) is 5.42. The van der Waals surface area contributed by atoms with Gasteiger partial charge in [-0.1, -0.05) is 0 Å². The first-order chi connectivity index (χ1) is 11.6. The Labute approximate surface area is 152 Å². The number of halogens is 4. The summed E-state index contributed by atoms with van der Waals surface area (Å²) < 4.78 is 67.1. The van der Waals surface area contributed by atoms with Crippen molar-refractivity contribution in [2.75, 3.05) is 0 Å². The molecule has 0 unspecified atom stereocenters. The van der Waals surface area contributed by atoms with E-state index in [1.165, 1.54) is 0 Å². The molecule has 136 valence electrons. The van der Waals surface area contributed by atoms with Crippen molar-refractivity contribution in [3.63, 3.8) is 0 Å². The van der Waals surface area contributed by atoms with Crippen LogP contribution in [-0.4, -0.2) is 13.9 Å². The standard InChI is InChI=1S/C16H15F3INO3S/c1-11-8-13(10-21)15(9-12(11)2)20(14-6-4-3-5-7-14)24-25(22,23)16(17,18)19/h3-7H,8-9H2,1-2H3.